The van der Waals surface area contributed by atoms with E-state index in [1.165, 1.54) is 5.56 Å². The minimum Gasteiger partial charge on any atom is -0.495 e. The number of carbonyl (C=O) groups excluding carboxylic acids is 1. The van der Waals surface area contributed by atoms with Gasteiger partial charge in [-0.1, -0.05) is 43.0 Å². The number of aldehydes is 1. The van der Waals surface area contributed by atoms with Crippen molar-refractivity contribution in [2.75, 3.05) is 18.6 Å². The highest BCUT2D eigenvalue weighted by molar-refractivity contribution is 5.78. The molecule has 0 bridgehead atoms. The molecule has 3 heteroatoms. The highest BCUT2D eigenvalue weighted by Crippen LogP contribution is 2.40. The fraction of sp³-hybridized carbons (Fsp3) is 0.211. The number of methoxy groups -OCH3 is 1. The van der Waals surface area contributed by atoms with Crippen LogP contribution in [-0.2, 0) is 11.2 Å². The molecule has 2 aromatic carbocycles. The quantitative estimate of drug-likeness (QED) is 0.638. The summed E-state index contributed by atoms with van der Waals surface area (Å²) in [6, 6.07) is 16.0. The number of rotatable bonds is 4. The maximum absolute atomic E-state index is 11.4. The fourth-order valence-corrected chi connectivity index (χ4v) is 3.16. The van der Waals surface area contributed by atoms with Crippen molar-refractivity contribution in [2.45, 2.75) is 12.5 Å². The number of carbonyl (C=O) groups is 1. The second-order valence-corrected chi connectivity index (χ2v) is 5.41. The molecule has 0 fully saturated rings. The van der Waals surface area contributed by atoms with Crippen molar-refractivity contribution in [2.24, 2.45) is 0 Å². The average molecular weight is 293 g/mol. The molecule has 2 aromatic rings. The van der Waals surface area contributed by atoms with Crippen LogP contribution in [0.15, 0.2) is 60.7 Å². The predicted molar refractivity (Wildman–Crippen MR) is 88.4 cm³/mol. The number of anilines is 1. The van der Waals surface area contributed by atoms with Crippen molar-refractivity contribution in [1.82, 2.24) is 0 Å². The first-order chi connectivity index (χ1) is 10.8. The van der Waals surface area contributed by atoms with E-state index in [-0.39, 0.29) is 6.04 Å². The SMILES string of the molecule is C=C(C=O)[C@H]1c2ccccc2CCN1c1ccccc1OC. The summed E-state index contributed by atoms with van der Waals surface area (Å²) in [7, 11) is 1.67. The first-order valence-corrected chi connectivity index (χ1v) is 7.37. The Kier molecular flexibility index (Phi) is 3.96. The molecule has 0 aromatic heterocycles. The van der Waals surface area contributed by atoms with Crippen LogP contribution < -0.4 is 9.64 Å². The minimum atomic E-state index is -0.140. The Morgan fingerprint density at radius 1 is 1.23 bits per heavy atom. The summed E-state index contributed by atoms with van der Waals surface area (Å²) in [5.41, 5.74) is 3.99. The van der Waals surface area contributed by atoms with E-state index < -0.39 is 0 Å². The number of hydrogen-bond acceptors (Lipinski definition) is 3. The van der Waals surface area contributed by atoms with Gasteiger partial charge >= 0.3 is 0 Å². The third-order valence-corrected chi connectivity index (χ3v) is 4.18. The molecule has 0 amide bonds. The lowest BCUT2D eigenvalue weighted by molar-refractivity contribution is -0.105. The zero-order chi connectivity index (χ0) is 15.5. The van der Waals surface area contributed by atoms with Crippen molar-refractivity contribution >= 4 is 12.0 Å². The molecular formula is C19H19NO2. The van der Waals surface area contributed by atoms with Gasteiger partial charge in [0, 0.05) is 12.1 Å². The Labute approximate surface area is 130 Å². The molecule has 112 valence electrons. The average Bonchev–Trinajstić information content (AvgIpc) is 2.60. The molecular weight excluding hydrogens is 274 g/mol. The summed E-state index contributed by atoms with van der Waals surface area (Å²) in [6.45, 7) is 4.80. The molecule has 0 unspecified atom stereocenters. The van der Waals surface area contributed by atoms with Crippen molar-refractivity contribution in [3.8, 4) is 5.75 Å². The van der Waals surface area contributed by atoms with Gasteiger partial charge in [0.05, 0.1) is 18.8 Å². The summed E-state index contributed by atoms with van der Waals surface area (Å²) in [4.78, 5) is 13.6. The topological polar surface area (TPSA) is 29.5 Å². The third-order valence-electron chi connectivity index (χ3n) is 4.18. The maximum Gasteiger partial charge on any atom is 0.147 e. The lowest BCUT2D eigenvalue weighted by atomic mass is 9.88. The molecule has 1 aliphatic heterocycles. The van der Waals surface area contributed by atoms with Gasteiger partial charge in [-0.15, -0.1) is 0 Å². The Balaban J connectivity index is 2.11. The van der Waals surface area contributed by atoms with Crippen molar-refractivity contribution in [3.05, 3.63) is 71.8 Å². The largest absolute Gasteiger partial charge is 0.495 e. The number of hydrogen-bond donors (Lipinski definition) is 0. The van der Waals surface area contributed by atoms with E-state index >= 15 is 0 Å². The first kappa shape index (κ1) is 14.4. The van der Waals surface area contributed by atoms with Crippen molar-refractivity contribution in [1.29, 1.82) is 0 Å². The highest BCUT2D eigenvalue weighted by Gasteiger charge is 2.30. The number of nitrogens with zero attached hydrogens (tertiary/aromatic N) is 1. The van der Waals surface area contributed by atoms with Gasteiger partial charge in [0.25, 0.3) is 0 Å². The minimum absolute atomic E-state index is 0.140. The smallest absolute Gasteiger partial charge is 0.147 e. The summed E-state index contributed by atoms with van der Waals surface area (Å²) in [6.07, 6.45) is 1.80. The van der Waals surface area contributed by atoms with Crippen LogP contribution in [0.5, 0.6) is 5.75 Å². The highest BCUT2D eigenvalue weighted by atomic mass is 16.5. The fourth-order valence-electron chi connectivity index (χ4n) is 3.16. The maximum atomic E-state index is 11.4. The van der Waals surface area contributed by atoms with Crippen LogP contribution in [0.2, 0.25) is 0 Å². The van der Waals surface area contributed by atoms with Gasteiger partial charge in [0.1, 0.15) is 12.0 Å². The molecule has 3 rings (SSSR count). The van der Waals surface area contributed by atoms with Gasteiger partial charge in [-0.05, 0) is 29.7 Å². The summed E-state index contributed by atoms with van der Waals surface area (Å²) in [5, 5.41) is 0. The predicted octanol–water partition coefficient (Wildman–Crippen LogP) is 3.55. The Morgan fingerprint density at radius 3 is 2.73 bits per heavy atom. The van der Waals surface area contributed by atoms with E-state index in [1.807, 2.05) is 36.4 Å². The molecule has 1 heterocycles. The van der Waals surface area contributed by atoms with E-state index in [4.69, 9.17) is 4.74 Å². The number of fused-ring (bicyclic) bond motifs is 1. The van der Waals surface area contributed by atoms with Gasteiger partial charge in [-0.25, -0.2) is 0 Å². The van der Waals surface area contributed by atoms with Crippen molar-refractivity contribution < 1.29 is 9.53 Å². The van der Waals surface area contributed by atoms with Gasteiger partial charge in [-0.2, -0.15) is 0 Å². The molecule has 1 atom stereocenters. The molecule has 0 radical (unpaired) electrons. The Morgan fingerprint density at radius 2 is 1.95 bits per heavy atom. The van der Waals surface area contributed by atoms with Crippen LogP contribution in [-0.4, -0.2) is 19.9 Å². The summed E-state index contributed by atoms with van der Waals surface area (Å²) < 4.78 is 5.49. The third kappa shape index (κ3) is 2.39. The monoisotopic (exact) mass is 293 g/mol. The van der Waals surface area contributed by atoms with Crippen LogP contribution in [0.25, 0.3) is 0 Å². The number of benzene rings is 2. The lowest BCUT2D eigenvalue weighted by Gasteiger charge is -2.39. The normalized spacial score (nSPS) is 16.8. The van der Waals surface area contributed by atoms with Crippen LogP contribution in [0.4, 0.5) is 5.69 Å². The molecule has 0 saturated heterocycles. The van der Waals surface area contributed by atoms with Crippen molar-refractivity contribution in [3.63, 3.8) is 0 Å². The van der Waals surface area contributed by atoms with E-state index in [1.54, 1.807) is 7.11 Å². The molecule has 0 saturated carbocycles. The van der Waals surface area contributed by atoms with Gasteiger partial charge < -0.3 is 9.64 Å². The van der Waals surface area contributed by atoms with Crippen LogP contribution in [0.1, 0.15) is 17.2 Å². The van der Waals surface area contributed by atoms with E-state index in [9.17, 15) is 4.79 Å². The van der Waals surface area contributed by atoms with Gasteiger partial charge in [-0.3, -0.25) is 4.79 Å². The molecule has 3 nitrogen and oxygen atoms in total. The van der Waals surface area contributed by atoms with Crippen LogP contribution in [0, 0.1) is 0 Å². The molecule has 0 aliphatic carbocycles. The van der Waals surface area contributed by atoms with Crippen LogP contribution in [0.3, 0.4) is 0 Å². The standard InChI is InChI=1S/C19H19NO2/c1-14(13-21)19-16-8-4-3-7-15(16)11-12-20(19)17-9-5-6-10-18(17)22-2/h3-10,13,19H,1,11-12H2,2H3/t19-/m0/s1. The van der Waals surface area contributed by atoms with Crippen LogP contribution >= 0.6 is 0 Å². The molecule has 0 spiro atoms. The number of ether oxygens (including phenoxy) is 1. The number of para-hydroxylation sites is 2. The van der Waals surface area contributed by atoms with E-state index in [0.29, 0.717) is 5.57 Å². The Hall–Kier alpha value is -2.55. The second kappa shape index (κ2) is 6.06. The molecule has 0 N–H and O–H groups in total. The summed E-state index contributed by atoms with van der Waals surface area (Å²) >= 11 is 0. The zero-order valence-electron chi connectivity index (χ0n) is 12.7. The van der Waals surface area contributed by atoms with Gasteiger partial charge in [0.15, 0.2) is 0 Å². The Bertz CT molecular complexity index is 708. The first-order valence-electron chi connectivity index (χ1n) is 7.37. The van der Waals surface area contributed by atoms with Gasteiger partial charge in [0.2, 0.25) is 0 Å². The zero-order valence-corrected chi connectivity index (χ0v) is 12.7. The second-order valence-electron chi connectivity index (χ2n) is 5.41. The van der Waals surface area contributed by atoms with E-state index in [0.717, 1.165) is 36.3 Å². The molecule has 22 heavy (non-hydrogen) atoms. The summed E-state index contributed by atoms with van der Waals surface area (Å²) in [5.74, 6) is 0.811. The molecule has 1 aliphatic rings. The lowest BCUT2D eigenvalue weighted by Crippen LogP contribution is -2.37. The van der Waals surface area contributed by atoms with E-state index in [2.05, 4.69) is 23.6 Å².